The molecule has 5 heavy (non-hydrogen) atoms. The van der Waals surface area contributed by atoms with Crippen LogP contribution in [0.4, 0.5) is 0 Å². The van der Waals surface area contributed by atoms with E-state index in [9.17, 15) is 4.79 Å². The first kappa shape index (κ1) is 4.47. The van der Waals surface area contributed by atoms with Crippen LogP contribution in [-0.4, -0.2) is 11.1 Å². The molecule has 0 unspecified atom stereocenters. The van der Waals surface area contributed by atoms with Crippen molar-refractivity contribution in [2.75, 3.05) is 0 Å². The Hall–Kier alpha value is -0.530. The number of carboxylic acids is 1. The van der Waals surface area contributed by atoms with Gasteiger partial charge in [-0.3, -0.25) is 4.79 Å². The fraction of sp³-hybridized carbons (Fsp3) is 0.667. The van der Waals surface area contributed by atoms with E-state index in [1.54, 1.807) is 6.92 Å². The highest BCUT2D eigenvalue weighted by Crippen LogP contribution is 1.67. The molecule has 0 saturated carbocycles. The van der Waals surface area contributed by atoms with Gasteiger partial charge in [-0.05, 0) is 0 Å². The van der Waals surface area contributed by atoms with Gasteiger partial charge in [-0.15, -0.1) is 0 Å². The SMILES string of the molecule is CCC(=O)O.[H+]. The van der Waals surface area contributed by atoms with Crippen LogP contribution in [0.15, 0.2) is 0 Å². The van der Waals surface area contributed by atoms with Crippen molar-refractivity contribution in [3.05, 3.63) is 0 Å². The number of carboxylic acid groups (broad SMARTS) is 1. The van der Waals surface area contributed by atoms with Gasteiger partial charge in [-0.25, -0.2) is 0 Å². The van der Waals surface area contributed by atoms with Crippen LogP contribution in [0.1, 0.15) is 14.8 Å². The van der Waals surface area contributed by atoms with Crippen LogP contribution < -0.4 is 0 Å². The molecule has 0 radical (unpaired) electrons. The normalized spacial score (nSPS) is 7.40. The van der Waals surface area contributed by atoms with Gasteiger partial charge in [-0.1, -0.05) is 6.92 Å². The molecule has 0 saturated heterocycles. The maximum absolute atomic E-state index is 9.37. The molecule has 0 heterocycles. The van der Waals surface area contributed by atoms with Crippen LogP contribution in [-0.2, 0) is 4.79 Å². The summed E-state index contributed by atoms with van der Waals surface area (Å²) < 4.78 is 0. The zero-order valence-electron chi connectivity index (χ0n) is 4.06. The van der Waals surface area contributed by atoms with Crippen molar-refractivity contribution < 1.29 is 11.3 Å². The van der Waals surface area contributed by atoms with E-state index < -0.39 is 5.97 Å². The summed E-state index contributed by atoms with van der Waals surface area (Å²) in [5, 5.41) is 7.72. The Labute approximate surface area is 31.9 Å². The lowest BCUT2D eigenvalue weighted by atomic mass is 10.5. The maximum Gasteiger partial charge on any atom is 1.00 e. The van der Waals surface area contributed by atoms with Crippen LogP contribution in [0.5, 0.6) is 0 Å². The molecule has 2 heteroatoms. The van der Waals surface area contributed by atoms with Gasteiger partial charge < -0.3 is 5.11 Å². The molecule has 0 aromatic rings. The van der Waals surface area contributed by atoms with Gasteiger partial charge in [0.05, 0.1) is 0 Å². The van der Waals surface area contributed by atoms with E-state index in [0.717, 1.165) is 0 Å². The van der Waals surface area contributed by atoms with E-state index in [0.29, 0.717) is 0 Å². The molecular formula is C3H7O2+. The van der Waals surface area contributed by atoms with Gasteiger partial charge in [0.1, 0.15) is 0 Å². The highest BCUT2D eigenvalue weighted by Gasteiger charge is 1.80. The fourth-order valence-corrected chi connectivity index (χ4v) is 0. The summed E-state index contributed by atoms with van der Waals surface area (Å²) in [6.07, 6.45) is 0.222. The van der Waals surface area contributed by atoms with Gasteiger partial charge >= 0.3 is 7.40 Å². The quantitative estimate of drug-likeness (QED) is 0.495. The third kappa shape index (κ3) is 3.47. The van der Waals surface area contributed by atoms with Crippen LogP contribution in [0.25, 0.3) is 0 Å². The van der Waals surface area contributed by atoms with Gasteiger partial charge in [-0.2, -0.15) is 0 Å². The number of aliphatic carboxylic acids is 1. The van der Waals surface area contributed by atoms with Crippen LogP contribution >= 0.6 is 0 Å². The lowest BCUT2D eigenvalue weighted by Gasteiger charge is -1.71. The van der Waals surface area contributed by atoms with Crippen LogP contribution in [0, 0.1) is 0 Å². The Morgan fingerprint density at radius 1 is 2.20 bits per heavy atom. The number of carbonyl (C=O) groups is 1. The van der Waals surface area contributed by atoms with E-state index >= 15 is 0 Å². The van der Waals surface area contributed by atoms with E-state index in [1.807, 2.05) is 0 Å². The van der Waals surface area contributed by atoms with Crippen molar-refractivity contribution in [2.24, 2.45) is 0 Å². The monoisotopic (exact) mass is 75.0 g/mol. The predicted molar refractivity (Wildman–Crippen MR) is 19.0 cm³/mol. The summed E-state index contributed by atoms with van der Waals surface area (Å²) in [6, 6.07) is 0. The average Bonchev–Trinajstić information content (AvgIpc) is 1.38. The molecule has 0 aromatic heterocycles. The Morgan fingerprint density at radius 3 is 2.40 bits per heavy atom. The summed E-state index contributed by atoms with van der Waals surface area (Å²) in [6.45, 7) is 1.60. The molecule has 0 aromatic carbocycles. The molecule has 0 aliphatic rings. The van der Waals surface area contributed by atoms with Crippen molar-refractivity contribution in [1.29, 1.82) is 0 Å². The smallest absolute Gasteiger partial charge is 0.481 e. The summed E-state index contributed by atoms with van der Waals surface area (Å²) in [5.74, 6) is -0.745. The van der Waals surface area contributed by atoms with Crippen molar-refractivity contribution in [2.45, 2.75) is 13.3 Å². The van der Waals surface area contributed by atoms with E-state index in [2.05, 4.69) is 0 Å². The molecule has 0 rings (SSSR count). The lowest BCUT2D eigenvalue weighted by Crippen LogP contribution is -1.86. The third-order valence-electron chi connectivity index (χ3n) is 0.302. The van der Waals surface area contributed by atoms with E-state index in [4.69, 9.17) is 5.11 Å². The molecule has 0 fully saturated rings. The number of rotatable bonds is 1. The molecule has 0 aliphatic carbocycles. The first-order chi connectivity index (χ1) is 2.27. The Morgan fingerprint density at radius 2 is 2.40 bits per heavy atom. The Bertz CT molecular complexity index is 44.1. The average molecular weight is 75.1 g/mol. The van der Waals surface area contributed by atoms with Crippen LogP contribution in [0.2, 0.25) is 0 Å². The lowest BCUT2D eigenvalue weighted by molar-refractivity contribution is -0.136. The minimum Gasteiger partial charge on any atom is -0.481 e. The molecular weight excluding hydrogens is 68.0 g/mol. The molecule has 0 bridgehead atoms. The van der Waals surface area contributed by atoms with Crippen molar-refractivity contribution in [3.63, 3.8) is 0 Å². The minimum absolute atomic E-state index is 0. The zero-order valence-corrected chi connectivity index (χ0v) is 3.06. The first-order valence-corrected chi connectivity index (χ1v) is 1.49. The summed E-state index contributed by atoms with van der Waals surface area (Å²) >= 11 is 0. The number of hydrogen-bond acceptors (Lipinski definition) is 1. The maximum atomic E-state index is 9.37. The highest BCUT2D eigenvalue weighted by atomic mass is 16.4. The standard InChI is InChI=1S/C3H6O2/c1-2-3(4)5/h2H2,1H3,(H,4,5)/p+1. The second-order valence-electron chi connectivity index (χ2n) is 0.747. The summed E-state index contributed by atoms with van der Waals surface area (Å²) in [7, 11) is 0. The van der Waals surface area contributed by atoms with Gasteiger partial charge in [0, 0.05) is 6.42 Å². The van der Waals surface area contributed by atoms with E-state index in [-0.39, 0.29) is 7.85 Å². The largest absolute Gasteiger partial charge is 1.00 e. The number of hydrogen-bond donors (Lipinski definition) is 1. The second kappa shape index (κ2) is 1.76. The molecule has 30 valence electrons. The second-order valence-corrected chi connectivity index (χ2v) is 0.747. The molecule has 0 atom stereocenters. The highest BCUT2D eigenvalue weighted by molar-refractivity contribution is 5.66. The third-order valence-corrected chi connectivity index (χ3v) is 0.302. The Balaban J connectivity index is 0. The molecule has 1 N–H and O–H groups in total. The Kier molecular flexibility index (Phi) is 1.57. The van der Waals surface area contributed by atoms with Crippen molar-refractivity contribution in [3.8, 4) is 0 Å². The van der Waals surface area contributed by atoms with E-state index in [1.165, 1.54) is 0 Å². The topological polar surface area (TPSA) is 37.3 Å². The molecule has 0 amide bonds. The van der Waals surface area contributed by atoms with Gasteiger partial charge in [0.25, 0.3) is 0 Å². The summed E-state index contributed by atoms with van der Waals surface area (Å²) in [5.41, 5.74) is 0. The van der Waals surface area contributed by atoms with Crippen molar-refractivity contribution >= 4 is 5.97 Å². The molecule has 0 spiro atoms. The zero-order chi connectivity index (χ0) is 4.28. The summed E-state index contributed by atoms with van der Waals surface area (Å²) in [4.78, 5) is 9.37. The molecule has 0 aliphatic heterocycles. The van der Waals surface area contributed by atoms with Crippen LogP contribution in [0.3, 0.4) is 0 Å². The first-order valence-electron chi connectivity index (χ1n) is 1.49. The van der Waals surface area contributed by atoms with Gasteiger partial charge in [0.15, 0.2) is 0 Å². The predicted octanol–water partition coefficient (Wildman–Crippen LogP) is 0.593. The molecule has 2 nitrogen and oxygen atoms in total. The van der Waals surface area contributed by atoms with Crippen molar-refractivity contribution in [1.82, 2.24) is 0 Å². The van der Waals surface area contributed by atoms with Gasteiger partial charge in [0.2, 0.25) is 0 Å². The fourth-order valence-electron chi connectivity index (χ4n) is 0. The minimum atomic E-state index is -0.745.